The van der Waals surface area contributed by atoms with Crippen molar-refractivity contribution in [3.05, 3.63) is 46.5 Å². The molecular weight excluding hydrogens is 312 g/mol. The van der Waals surface area contributed by atoms with Gasteiger partial charge in [-0.2, -0.15) is 0 Å². The van der Waals surface area contributed by atoms with Crippen LogP contribution in [0.25, 0.3) is 0 Å². The molecule has 3 atom stereocenters. The van der Waals surface area contributed by atoms with Crippen LogP contribution < -0.4 is 0 Å². The SMILES string of the molecule is CC[C@@H]1[C@H](c2ccc(Br)cc2)C2CN(C)C/C=C\CN21. The highest BCUT2D eigenvalue weighted by Gasteiger charge is 2.47. The standard InChI is InChI=1S/C17H23BrN2/c1-3-15-17(13-6-8-14(18)9-7-13)16-12-19(2)10-4-5-11-20(15)16/h4-9,15-17H,3,10-12H2,1-2H3/b5-4-/t15-,16?,17+/m1/s1. The summed E-state index contributed by atoms with van der Waals surface area (Å²) in [5.74, 6) is 0.682. The predicted octanol–water partition coefficient (Wildman–Crippen LogP) is 3.50. The van der Waals surface area contributed by atoms with Gasteiger partial charge in [0.25, 0.3) is 0 Å². The van der Waals surface area contributed by atoms with E-state index in [1.165, 1.54) is 23.0 Å². The van der Waals surface area contributed by atoms with E-state index in [0.717, 1.165) is 13.1 Å². The number of nitrogens with zero attached hydrogens (tertiary/aromatic N) is 2. The molecule has 1 unspecified atom stereocenters. The van der Waals surface area contributed by atoms with Gasteiger partial charge in [0.15, 0.2) is 0 Å². The van der Waals surface area contributed by atoms with E-state index in [-0.39, 0.29) is 0 Å². The number of hydrogen-bond acceptors (Lipinski definition) is 2. The lowest BCUT2D eigenvalue weighted by molar-refractivity contribution is -0.0225. The summed E-state index contributed by atoms with van der Waals surface area (Å²) in [6, 6.07) is 10.3. The van der Waals surface area contributed by atoms with Crippen molar-refractivity contribution in [2.45, 2.75) is 31.3 Å². The average molecular weight is 335 g/mol. The number of likely N-dealkylation sites (N-methyl/N-ethyl adjacent to an activating group) is 1. The smallest absolute Gasteiger partial charge is 0.0313 e. The fourth-order valence-corrected chi connectivity index (χ4v) is 4.03. The molecule has 108 valence electrons. The van der Waals surface area contributed by atoms with E-state index in [2.05, 4.69) is 76.1 Å². The highest BCUT2D eigenvalue weighted by molar-refractivity contribution is 9.10. The van der Waals surface area contributed by atoms with Gasteiger partial charge in [-0.15, -0.1) is 0 Å². The Balaban J connectivity index is 1.86. The van der Waals surface area contributed by atoms with Crippen LogP contribution in [0.15, 0.2) is 40.9 Å². The maximum Gasteiger partial charge on any atom is 0.0313 e. The van der Waals surface area contributed by atoms with Crippen molar-refractivity contribution in [2.75, 3.05) is 26.7 Å². The molecule has 0 radical (unpaired) electrons. The molecule has 0 amide bonds. The Kier molecular flexibility index (Phi) is 4.29. The topological polar surface area (TPSA) is 6.48 Å². The zero-order chi connectivity index (χ0) is 14.1. The molecule has 0 saturated carbocycles. The summed E-state index contributed by atoms with van der Waals surface area (Å²) in [5, 5.41) is 0. The molecule has 1 saturated heterocycles. The summed E-state index contributed by atoms with van der Waals surface area (Å²) in [6.07, 6.45) is 5.87. The molecule has 1 fully saturated rings. The second kappa shape index (κ2) is 6.00. The molecule has 2 heterocycles. The van der Waals surface area contributed by atoms with Gasteiger partial charge in [-0.3, -0.25) is 4.90 Å². The molecule has 2 nitrogen and oxygen atoms in total. The van der Waals surface area contributed by atoms with Gasteiger partial charge in [-0.25, -0.2) is 0 Å². The van der Waals surface area contributed by atoms with Gasteiger partial charge in [0, 0.05) is 42.1 Å². The first kappa shape index (κ1) is 14.3. The monoisotopic (exact) mass is 334 g/mol. The summed E-state index contributed by atoms with van der Waals surface area (Å²) in [7, 11) is 2.23. The van der Waals surface area contributed by atoms with Crippen LogP contribution in [0, 0.1) is 0 Å². The Hall–Kier alpha value is -0.640. The minimum atomic E-state index is 0.663. The maximum absolute atomic E-state index is 3.54. The summed E-state index contributed by atoms with van der Waals surface area (Å²) < 4.78 is 1.17. The van der Waals surface area contributed by atoms with E-state index >= 15 is 0 Å². The van der Waals surface area contributed by atoms with Crippen molar-refractivity contribution in [3.8, 4) is 0 Å². The van der Waals surface area contributed by atoms with Crippen LogP contribution in [0.5, 0.6) is 0 Å². The summed E-state index contributed by atoms with van der Waals surface area (Å²) in [5.41, 5.74) is 1.50. The van der Waals surface area contributed by atoms with Crippen molar-refractivity contribution >= 4 is 15.9 Å². The van der Waals surface area contributed by atoms with Gasteiger partial charge in [0.1, 0.15) is 0 Å². The first-order valence-corrected chi connectivity index (χ1v) is 8.34. The number of hydrogen-bond donors (Lipinski definition) is 0. The van der Waals surface area contributed by atoms with Gasteiger partial charge in [-0.05, 0) is 31.2 Å². The normalized spacial score (nSPS) is 32.9. The lowest BCUT2D eigenvalue weighted by Gasteiger charge is -2.57. The van der Waals surface area contributed by atoms with E-state index in [1.54, 1.807) is 0 Å². The highest BCUT2D eigenvalue weighted by atomic mass is 79.9. The molecule has 0 aliphatic carbocycles. The summed E-state index contributed by atoms with van der Waals surface area (Å²) in [4.78, 5) is 5.12. The molecule has 0 N–H and O–H groups in total. The highest BCUT2D eigenvalue weighted by Crippen LogP contribution is 2.43. The zero-order valence-electron chi connectivity index (χ0n) is 12.3. The first-order chi connectivity index (χ1) is 9.70. The third-order valence-corrected chi connectivity index (χ3v) is 5.28. The average Bonchev–Trinajstić information content (AvgIpc) is 2.42. The van der Waals surface area contributed by atoms with E-state index in [4.69, 9.17) is 0 Å². The molecule has 2 aliphatic heterocycles. The lowest BCUT2D eigenvalue weighted by Crippen LogP contribution is -2.65. The lowest BCUT2D eigenvalue weighted by atomic mass is 9.73. The molecule has 1 aromatic rings. The molecule has 0 bridgehead atoms. The van der Waals surface area contributed by atoms with E-state index in [0.29, 0.717) is 18.0 Å². The Morgan fingerprint density at radius 3 is 2.55 bits per heavy atom. The van der Waals surface area contributed by atoms with Crippen molar-refractivity contribution in [1.82, 2.24) is 9.80 Å². The predicted molar refractivity (Wildman–Crippen MR) is 88.1 cm³/mol. The van der Waals surface area contributed by atoms with Gasteiger partial charge in [0.05, 0.1) is 0 Å². The Bertz CT molecular complexity index is 482. The van der Waals surface area contributed by atoms with Crippen LogP contribution in [0.2, 0.25) is 0 Å². The number of rotatable bonds is 2. The zero-order valence-corrected chi connectivity index (χ0v) is 13.9. The second-order valence-electron chi connectivity index (χ2n) is 6.01. The minimum Gasteiger partial charge on any atom is -0.301 e. The van der Waals surface area contributed by atoms with Crippen LogP contribution in [-0.4, -0.2) is 48.6 Å². The third kappa shape index (κ3) is 2.59. The first-order valence-electron chi connectivity index (χ1n) is 7.55. The van der Waals surface area contributed by atoms with Crippen LogP contribution in [0.4, 0.5) is 0 Å². The fourth-order valence-electron chi connectivity index (χ4n) is 3.77. The van der Waals surface area contributed by atoms with Crippen molar-refractivity contribution in [1.29, 1.82) is 0 Å². The molecule has 20 heavy (non-hydrogen) atoms. The van der Waals surface area contributed by atoms with E-state index in [1.807, 2.05) is 0 Å². The molecule has 0 aromatic heterocycles. The van der Waals surface area contributed by atoms with Crippen molar-refractivity contribution in [3.63, 3.8) is 0 Å². The number of benzene rings is 1. The molecule has 3 rings (SSSR count). The molecular formula is C17H23BrN2. The Morgan fingerprint density at radius 1 is 1.15 bits per heavy atom. The Labute approximate surface area is 130 Å². The van der Waals surface area contributed by atoms with Crippen LogP contribution >= 0.6 is 15.9 Å². The molecule has 0 spiro atoms. The van der Waals surface area contributed by atoms with Crippen LogP contribution in [0.3, 0.4) is 0 Å². The van der Waals surface area contributed by atoms with Gasteiger partial charge < -0.3 is 4.90 Å². The van der Waals surface area contributed by atoms with E-state index < -0.39 is 0 Å². The second-order valence-corrected chi connectivity index (χ2v) is 6.93. The van der Waals surface area contributed by atoms with Gasteiger partial charge >= 0.3 is 0 Å². The van der Waals surface area contributed by atoms with E-state index in [9.17, 15) is 0 Å². The van der Waals surface area contributed by atoms with Crippen LogP contribution in [0.1, 0.15) is 24.8 Å². The Morgan fingerprint density at radius 2 is 1.85 bits per heavy atom. The minimum absolute atomic E-state index is 0.663. The number of fused-ring (bicyclic) bond motifs is 1. The number of halogens is 1. The maximum atomic E-state index is 3.54. The third-order valence-electron chi connectivity index (χ3n) is 4.75. The van der Waals surface area contributed by atoms with Gasteiger partial charge in [0.2, 0.25) is 0 Å². The van der Waals surface area contributed by atoms with Crippen LogP contribution in [-0.2, 0) is 0 Å². The molecule has 2 aliphatic rings. The molecule has 1 aromatic carbocycles. The van der Waals surface area contributed by atoms with Crippen molar-refractivity contribution in [2.24, 2.45) is 0 Å². The van der Waals surface area contributed by atoms with Crippen molar-refractivity contribution < 1.29 is 0 Å². The largest absolute Gasteiger partial charge is 0.301 e. The summed E-state index contributed by atoms with van der Waals surface area (Å²) in [6.45, 7) is 5.68. The van der Waals surface area contributed by atoms with Gasteiger partial charge in [-0.1, -0.05) is 47.1 Å². The fraction of sp³-hybridized carbons (Fsp3) is 0.529. The summed E-state index contributed by atoms with van der Waals surface area (Å²) >= 11 is 3.54. The molecule has 3 heteroatoms. The quantitative estimate of drug-likeness (QED) is 0.764.